The molecule has 0 fully saturated rings. The minimum absolute atomic E-state index is 0.203. The molecule has 4 nitrogen and oxygen atoms in total. The van der Waals surface area contributed by atoms with Crippen LogP contribution in [-0.2, 0) is 10.0 Å². The van der Waals surface area contributed by atoms with Crippen LogP contribution in [0.4, 0.5) is 0 Å². The maximum absolute atomic E-state index is 11.7. The van der Waals surface area contributed by atoms with Gasteiger partial charge in [-0.2, -0.15) is 0 Å². The van der Waals surface area contributed by atoms with Crippen molar-refractivity contribution in [2.75, 3.05) is 25.9 Å². The first-order valence-electron chi connectivity index (χ1n) is 5.29. The molecule has 0 heterocycles. The van der Waals surface area contributed by atoms with Crippen LogP contribution in [0.25, 0.3) is 0 Å². The number of sulfonamides is 1. The van der Waals surface area contributed by atoms with Crippen LogP contribution in [-0.4, -0.2) is 38.6 Å². The van der Waals surface area contributed by atoms with Crippen LogP contribution in [0.5, 0.6) is 0 Å². The molecule has 0 saturated heterocycles. The Balaban J connectivity index is 3.91. The van der Waals surface area contributed by atoms with Crippen LogP contribution in [0, 0.1) is 0 Å². The molecule has 0 radical (unpaired) electrons. The van der Waals surface area contributed by atoms with Crippen molar-refractivity contribution in [1.29, 1.82) is 0 Å². The summed E-state index contributed by atoms with van der Waals surface area (Å²) in [4.78, 5) is 0. The molecule has 2 N–H and O–H groups in total. The molecule has 0 amide bonds. The fourth-order valence-corrected chi connectivity index (χ4v) is 2.47. The van der Waals surface area contributed by atoms with Gasteiger partial charge in [0, 0.05) is 13.6 Å². The minimum atomic E-state index is -3.07. The average Bonchev–Trinajstić information content (AvgIpc) is 2.18. The molecular weight excluding hydrogens is 212 g/mol. The fourth-order valence-electron chi connectivity index (χ4n) is 1.18. The Hall–Kier alpha value is -0.390. The minimum Gasteiger partial charge on any atom is -0.330 e. The lowest BCUT2D eigenvalue weighted by Gasteiger charge is -2.16. The highest BCUT2D eigenvalue weighted by atomic mass is 32.2. The van der Waals surface area contributed by atoms with Crippen molar-refractivity contribution in [3.63, 3.8) is 0 Å². The van der Waals surface area contributed by atoms with Gasteiger partial charge < -0.3 is 5.73 Å². The van der Waals surface area contributed by atoms with Crippen molar-refractivity contribution in [3.05, 3.63) is 12.7 Å². The highest BCUT2D eigenvalue weighted by Gasteiger charge is 2.15. The van der Waals surface area contributed by atoms with Crippen LogP contribution in [0.3, 0.4) is 0 Å². The van der Waals surface area contributed by atoms with E-state index in [1.165, 1.54) is 4.31 Å². The number of unbranched alkanes of at least 4 members (excludes halogenated alkanes) is 2. The molecule has 0 atom stereocenters. The second-order valence-electron chi connectivity index (χ2n) is 3.56. The Morgan fingerprint density at radius 2 is 2.00 bits per heavy atom. The molecular formula is C10H22N2O2S. The lowest BCUT2D eigenvalue weighted by Crippen LogP contribution is -2.30. The van der Waals surface area contributed by atoms with Gasteiger partial charge in [-0.15, -0.1) is 6.58 Å². The summed E-state index contributed by atoms with van der Waals surface area (Å²) in [5, 5.41) is 0. The van der Waals surface area contributed by atoms with Gasteiger partial charge in [0.25, 0.3) is 0 Å². The Bertz CT molecular complexity index is 263. The predicted octanol–water partition coefficient (Wildman–Crippen LogP) is 0.953. The van der Waals surface area contributed by atoms with Crippen molar-refractivity contribution >= 4 is 10.0 Å². The SMILES string of the molecule is C=CCCCN(C)S(=O)(=O)CCCCN. The zero-order valence-corrected chi connectivity index (χ0v) is 10.3. The van der Waals surface area contributed by atoms with Crippen LogP contribution < -0.4 is 5.73 Å². The van der Waals surface area contributed by atoms with Gasteiger partial charge in [0.15, 0.2) is 0 Å². The largest absolute Gasteiger partial charge is 0.330 e. The maximum atomic E-state index is 11.7. The number of rotatable bonds is 9. The van der Waals surface area contributed by atoms with Crippen molar-refractivity contribution in [1.82, 2.24) is 4.31 Å². The summed E-state index contributed by atoms with van der Waals surface area (Å²) in [5.41, 5.74) is 5.31. The molecule has 0 spiro atoms. The summed E-state index contributed by atoms with van der Waals surface area (Å²) >= 11 is 0. The molecule has 5 heteroatoms. The molecule has 0 aliphatic heterocycles. The highest BCUT2D eigenvalue weighted by Crippen LogP contribution is 2.04. The van der Waals surface area contributed by atoms with Crippen molar-refractivity contribution in [2.24, 2.45) is 5.73 Å². The van der Waals surface area contributed by atoms with E-state index >= 15 is 0 Å². The summed E-state index contributed by atoms with van der Waals surface area (Å²) in [6.07, 6.45) is 4.89. The lowest BCUT2D eigenvalue weighted by atomic mass is 10.3. The Morgan fingerprint density at radius 3 is 2.53 bits per heavy atom. The monoisotopic (exact) mass is 234 g/mol. The molecule has 0 rings (SSSR count). The normalized spacial score (nSPS) is 11.9. The molecule has 0 saturated carbocycles. The van der Waals surface area contributed by atoms with E-state index in [9.17, 15) is 8.42 Å². The molecule has 0 bridgehead atoms. The third-order valence-electron chi connectivity index (χ3n) is 2.21. The van der Waals surface area contributed by atoms with Crippen LogP contribution >= 0.6 is 0 Å². The van der Waals surface area contributed by atoms with E-state index in [0.717, 1.165) is 19.3 Å². The quantitative estimate of drug-likeness (QED) is 0.477. The van der Waals surface area contributed by atoms with Crippen LogP contribution in [0.15, 0.2) is 12.7 Å². The molecule has 0 aromatic rings. The number of allylic oxidation sites excluding steroid dienone is 1. The molecule has 0 aliphatic carbocycles. The van der Waals surface area contributed by atoms with Gasteiger partial charge in [-0.1, -0.05) is 6.08 Å². The van der Waals surface area contributed by atoms with Crippen LogP contribution in [0.2, 0.25) is 0 Å². The van der Waals surface area contributed by atoms with Crippen molar-refractivity contribution in [3.8, 4) is 0 Å². The van der Waals surface area contributed by atoms with E-state index in [-0.39, 0.29) is 5.75 Å². The molecule has 0 aromatic carbocycles. The molecule has 90 valence electrons. The zero-order chi connectivity index (χ0) is 11.7. The number of nitrogens with zero attached hydrogens (tertiary/aromatic N) is 1. The zero-order valence-electron chi connectivity index (χ0n) is 9.48. The Kier molecular flexibility index (Phi) is 7.64. The first-order valence-corrected chi connectivity index (χ1v) is 6.90. The second-order valence-corrected chi connectivity index (χ2v) is 5.76. The first-order chi connectivity index (χ1) is 7.04. The third kappa shape index (κ3) is 6.65. The number of hydrogen-bond acceptors (Lipinski definition) is 3. The molecule has 15 heavy (non-hydrogen) atoms. The molecule has 0 unspecified atom stereocenters. The summed E-state index contributed by atoms with van der Waals surface area (Å²) in [7, 11) is -1.44. The Labute approximate surface area is 93.2 Å². The van der Waals surface area contributed by atoms with E-state index < -0.39 is 10.0 Å². The van der Waals surface area contributed by atoms with Crippen molar-refractivity contribution < 1.29 is 8.42 Å². The van der Waals surface area contributed by atoms with E-state index in [0.29, 0.717) is 19.5 Å². The molecule has 0 aliphatic rings. The fraction of sp³-hybridized carbons (Fsp3) is 0.800. The predicted molar refractivity (Wildman–Crippen MR) is 64.1 cm³/mol. The standard InChI is InChI=1S/C10H22N2O2S/c1-3-4-6-9-12(2)15(13,14)10-7-5-8-11/h3H,1,4-11H2,2H3. The second kappa shape index (κ2) is 7.84. The lowest BCUT2D eigenvalue weighted by molar-refractivity contribution is 0.461. The summed E-state index contributed by atoms with van der Waals surface area (Å²) in [5.74, 6) is 0.203. The van der Waals surface area contributed by atoms with Crippen LogP contribution in [0.1, 0.15) is 25.7 Å². The summed E-state index contributed by atoms with van der Waals surface area (Å²) in [6.45, 7) is 4.72. The Morgan fingerprint density at radius 1 is 1.33 bits per heavy atom. The van der Waals surface area contributed by atoms with Gasteiger partial charge in [-0.25, -0.2) is 12.7 Å². The van der Waals surface area contributed by atoms with Gasteiger partial charge in [0.2, 0.25) is 10.0 Å². The van der Waals surface area contributed by atoms with Crippen molar-refractivity contribution in [2.45, 2.75) is 25.7 Å². The molecule has 0 aromatic heterocycles. The smallest absolute Gasteiger partial charge is 0.213 e. The average molecular weight is 234 g/mol. The van der Waals surface area contributed by atoms with E-state index in [1.807, 2.05) is 0 Å². The van der Waals surface area contributed by atoms with Gasteiger partial charge in [0.1, 0.15) is 0 Å². The number of hydrogen-bond donors (Lipinski definition) is 1. The van der Waals surface area contributed by atoms with Gasteiger partial charge in [0.05, 0.1) is 5.75 Å². The van der Waals surface area contributed by atoms with Gasteiger partial charge in [-0.3, -0.25) is 0 Å². The van der Waals surface area contributed by atoms with E-state index in [4.69, 9.17) is 5.73 Å². The highest BCUT2D eigenvalue weighted by molar-refractivity contribution is 7.89. The topological polar surface area (TPSA) is 63.4 Å². The third-order valence-corrected chi connectivity index (χ3v) is 4.15. The summed E-state index contributed by atoms with van der Waals surface area (Å²) < 4.78 is 24.7. The first kappa shape index (κ1) is 14.6. The summed E-state index contributed by atoms with van der Waals surface area (Å²) in [6, 6.07) is 0. The van der Waals surface area contributed by atoms with Gasteiger partial charge >= 0.3 is 0 Å². The van der Waals surface area contributed by atoms with E-state index in [1.54, 1.807) is 13.1 Å². The number of nitrogens with two attached hydrogens (primary N) is 1. The van der Waals surface area contributed by atoms with Gasteiger partial charge in [-0.05, 0) is 32.2 Å². The van der Waals surface area contributed by atoms with E-state index in [2.05, 4.69) is 6.58 Å². The maximum Gasteiger partial charge on any atom is 0.213 e.